The molecule has 0 aliphatic carbocycles. The van der Waals surface area contributed by atoms with Crippen LogP contribution in [0.15, 0.2) is 24.3 Å². The third-order valence-electron chi connectivity index (χ3n) is 3.37. The summed E-state index contributed by atoms with van der Waals surface area (Å²) in [5.74, 6) is -0.184. The Balaban J connectivity index is 2.08. The average Bonchev–Trinajstić information content (AvgIpc) is 2.36. The van der Waals surface area contributed by atoms with Gasteiger partial charge in [-0.3, -0.25) is 0 Å². The highest BCUT2D eigenvalue weighted by molar-refractivity contribution is 8.13. The van der Waals surface area contributed by atoms with Crippen molar-refractivity contribution in [1.29, 1.82) is 0 Å². The molecular formula is C13H16ClFO4S. The van der Waals surface area contributed by atoms with Crippen LogP contribution in [-0.4, -0.2) is 34.0 Å². The molecule has 0 atom stereocenters. The van der Waals surface area contributed by atoms with Gasteiger partial charge in [0.1, 0.15) is 11.6 Å². The van der Waals surface area contributed by atoms with Crippen LogP contribution in [0.25, 0.3) is 0 Å². The van der Waals surface area contributed by atoms with Gasteiger partial charge in [-0.1, -0.05) is 6.07 Å². The van der Waals surface area contributed by atoms with Gasteiger partial charge in [0.2, 0.25) is 9.05 Å². The second-order valence-electron chi connectivity index (χ2n) is 5.04. The molecule has 0 spiro atoms. The minimum absolute atomic E-state index is 0.166. The molecule has 0 N–H and O–H groups in total. The normalized spacial score (nSPS) is 18.7. The fraction of sp³-hybridized carbons (Fsp3) is 0.538. The van der Waals surface area contributed by atoms with Crippen LogP contribution in [0.3, 0.4) is 0 Å². The average molecular weight is 323 g/mol. The zero-order valence-electron chi connectivity index (χ0n) is 10.8. The van der Waals surface area contributed by atoms with Crippen LogP contribution in [0, 0.1) is 11.2 Å². The third-order valence-corrected chi connectivity index (χ3v) is 4.66. The van der Waals surface area contributed by atoms with E-state index in [-0.39, 0.29) is 12.4 Å². The molecule has 1 aliphatic heterocycles. The van der Waals surface area contributed by atoms with Gasteiger partial charge < -0.3 is 9.47 Å². The van der Waals surface area contributed by atoms with Crippen LogP contribution >= 0.6 is 10.7 Å². The molecule has 1 aromatic rings. The fourth-order valence-electron chi connectivity index (χ4n) is 2.29. The van der Waals surface area contributed by atoms with Gasteiger partial charge in [0, 0.05) is 35.4 Å². The van der Waals surface area contributed by atoms with Crippen molar-refractivity contribution in [1.82, 2.24) is 0 Å². The van der Waals surface area contributed by atoms with E-state index in [9.17, 15) is 12.8 Å². The number of benzene rings is 1. The van der Waals surface area contributed by atoms with Gasteiger partial charge in [0.05, 0.1) is 12.4 Å². The monoisotopic (exact) mass is 322 g/mol. The third kappa shape index (κ3) is 4.61. The Labute approximate surface area is 122 Å². The van der Waals surface area contributed by atoms with Crippen LogP contribution in [0.5, 0.6) is 5.75 Å². The van der Waals surface area contributed by atoms with Crippen molar-refractivity contribution in [3.05, 3.63) is 30.1 Å². The van der Waals surface area contributed by atoms with Crippen molar-refractivity contribution in [2.75, 3.05) is 25.6 Å². The summed E-state index contributed by atoms with van der Waals surface area (Å²) in [5.41, 5.74) is -0.578. The molecule has 7 heteroatoms. The van der Waals surface area contributed by atoms with Crippen molar-refractivity contribution in [3.63, 3.8) is 0 Å². The Hall–Kier alpha value is -0.850. The predicted octanol–water partition coefficient (Wildman–Crippen LogP) is 2.57. The first-order valence-corrected chi connectivity index (χ1v) is 8.75. The summed E-state index contributed by atoms with van der Waals surface area (Å²) in [6.45, 7) is 1.11. The number of hydrogen-bond donors (Lipinski definition) is 0. The Morgan fingerprint density at radius 1 is 1.35 bits per heavy atom. The molecule has 0 unspecified atom stereocenters. The first-order chi connectivity index (χ1) is 9.39. The maximum Gasteiger partial charge on any atom is 0.233 e. The summed E-state index contributed by atoms with van der Waals surface area (Å²) in [4.78, 5) is 0. The molecule has 0 saturated carbocycles. The number of hydrogen-bond acceptors (Lipinski definition) is 4. The molecule has 1 saturated heterocycles. The molecule has 1 heterocycles. The molecule has 2 rings (SSSR count). The van der Waals surface area contributed by atoms with E-state index in [1.54, 1.807) is 12.1 Å². The van der Waals surface area contributed by atoms with E-state index >= 15 is 0 Å². The largest absolute Gasteiger partial charge is 0.493 e. The molecule has 0 amide bonds. The molecule has 1 fully saturated rings. The molecule has 0 aromatic heterocycles. The van der Waals surface area contributed by atoms with Crippen molar-refractivity contribution in [3.8, 4) is 5.75 Å². The zero-order valence-corrected chi connectivity index (χ0v) is 12.4. The van der Waals surface area contributed by atoms with Crippen LogP contribution in [-0.2, 0) is 13.8 Å². The lowest BCUT2D eigenvalue weighted by Crippen LogP contribution is -2.40. The maximum absolute atomic E-state index is 13.1. The second kappa shape index (κ2) is 6.28. The van der Waals surface area contributed by atoms with E-state index < -0.39 is 20.3 Å². The van der Waals surface area contributed by atoms with Gasteiger partial charge >= 0.3 is 0 Å². The molecule has 0 bridgehead atoms. The van der Waals surface area contributed by atoms with Crippen LogP contribution in [0.2, 0.25) is 0 Å². The SMILES string of the molecule is O=S(=O)(Cl)CC1(COc2cccc(F)c2)CCOCC1. The maximum atomic E-state index is 13.1. The van der Waals surface area contributed by atoms with Crippen molar-refractivity contribution in [2.45, 2.75) is 12.8 Å². The Kier molecular flexibility index (Phi) is 4.88. The number of ether oxygens (including phenoxy) is 2. The molecule has 4 nitrogen and oxygen atoms in total. The van der Waals surface area contributed by atoms with Gasteiger partial charge in [0.25, 0.3) is 0 Å². The molecule has 1 aromatic carbocycles. The second-order valence-corrected chi connectivity index (χ2v) is 7.82. The Morgan fingerprint density at radius 3 is 2.65 bits per heavy atom. The highest BCUT2D eigenvalue weighted by Crippen LogP contribution is 2.34. The predicted molar refractivity (Wildman–Crippen MR) is 74.0 cm³/mol. The summed E-state index contributed by atoms with van der Waals surface area (Å²) in [6, 6.07) is 5.76. The highest BCUT2D eigenvalue weighted by atomic mass is 35.7. The Morgan fingerprint density at radius 2 is 2.05 bits per heavy atom. The highest BCUT2D eigenvalue weighted by Gasteiger charge is 2.37. The van der Waals surface area contributed by atoms with Crippen molar-refractivity contribution >= 4 is 19.7 Å². The Bertz CT molecular complexity index is 555. The smallest absolute Gasteiger partial charge is 0.233 e. The van der Waals surface area contributed by atoms with Crippen LogP contribution in [0.4, 0.5) is 4.39 Å². The first-order valence-electron chi connectivity index (χ1n) is 6.27. The van der Waals surface area contributed by atoms with Crippen LogP contribution in [0.1, 0.15) is 12.8 Å². The molecule has 0 radical (unpaired) electrons. The molecular weight excluding hydrogens is 307 g/mol. The number of halogens is 2. The summed E-state index contributed by atoms with van der Waals surface area (Å²) in [6.07, 6.45) is 1.10. The molecule has 1 aliphatic rings. The van der Waals surface area contributed by atoms with Gasteiger partial charge in [0.15, 0.2) is 0 Å². The fourth-order valence-corrected chi connectivity index (χ4v) is 4.09. The minimum atomic E-state index is -3.63. The lowest BCUT2D eigenvalue weighted by atomic mass is 9.83. The first kappa shape index (κ1) is 15.5. The topological polar surface area (TPSA) is 52.6 Å². The quantitative estimate of drug-likeness (QED) is 0.782. The van der Waals surface area contributed by atoms with E-state index in [1.165, 1.54) is 12.1 Å². The van der Waals surface area contributed by atoms with E-state index in [0.717, 1.165) is 0 Å². The summed E-state index contributed by atoms with van der Waals surface area (Å²) in [5, 5.41) is 0. The molecule has 112 valence electrons. The lowest BCUT2D eigenvalue weighted by Gasteiger charge is -2.35. The van der Waals surface area contributed by atoms with Gasteiger partial charge in [-0.15, -0.1) is 0 Å². The van der Waals surface area contributed by atoms with Crippen LogP contribution < -0.4 is 4.74 Å². The summed E-state index contributed by atoms with van der Waals surface area (Å²) >= 11 is 0. The molecule has 20 heavy (non-hydrogen) atoms. The lowest BCUT2D eigenvalue weighted by molar-refractivity contribution is 0.00222. The standard InChI is InChI=1S/C13H16ClFO4S/c14-20(16,17)10-13(4-6-18-7-5-13)9-19-12-3-1-2-11(15)8-12/h1-3,8H,4-7,9-10H2. The van der Waals surface area contributed by atoms with Crippen molar-refractivity contribution in [2.24, 2.45) is 5.41 Å². The zero-order chi connectivity index (χ0) is 14.6. The van der Waals surface area contributed by atoms with E-state index in [4.69, 9.17) is 20.2 Å². The van der Waals surface area contributed by atoms with E-state index in [0.29, 0.717) is 31.8 Å². The summed E-state index contributed by atoms with van der Waals surface area (Å²) in [7, 11) is 1.75. The van der Waals surface area contributed by atoms with Gasteiger partial charge in [-0.05, 0) is 25.0 Å². The number of rotatable bonds is 5. The van der Waals surface area contributed by atoms with E-state index in [2.05, 4.69) is 0 Å². The van der Waals surface area contributed by atoms with Gasteiger partial charge in [-0.25, -0.2) is 12.8 Å². The summed E-state index contributed by atoms with van der Waals surface area (Å²) < 4.78 is 46.7. The van der Waals surface area contributed by atoms with Crippen molar-refractivity contribution < 1.29 is 22.3 Å². The van der Waals surface area contributed by atoms with Gasteiger partial charge in [-0.2, -0.15) is 0 Å². The minimum Gasteiger partial charge on any atom is -0.493 e. The van der Waals surface area contributed by atoms with E-state index in [1.807, 2.05) is 0 Å².